The van der Waals surface area contributed by atoms with Gasteiger partial charge in [-0.05, 0) is 54.0 Å². The highest BCUT2D eigenvalue weighted by Crippen LogP contribution is 2.33. The Hall–Kier alpha value is -1.33. The Morgan fingerprint density at radius 3 is 2.48 bits per heavy atom. The molecule has 0 aliphatic heterocycles. The number of aryl methyl sites for hydroxylation is 1. The predicted molar refractivity (Wildman–Crippen MR) is 91.2 cm³/mol. The lowest BCUT2D eigenvalue weighted by Gasteiger charge is -2.30. The van der Waals surface area contributed by atoms with Crippen molar-refractivity contribution in [2.24, 2.45) is 0 Å². The first-order valence-electron chi connectivity index (χ1n) is 6.77. The molecule has 21 heavy (non-hydrogen) atoms. The fraction of sp³-hybridized carbons (Fsp3) is 0.312. The van der Waals surface area contributed by atoms with Crippen molar-refractivity contribution in [1.82, 2.24) is 0 Å². The lowest BCUT2D eigenvalue weighted by molar-refractivity contribution is -0.136. The number of aliphatic carboxylic acids is 1. The van der Waals surface area contributed by atoms with Gasteiger partial charge in [-0.2, -0.15) is 0 Å². The molecule has 0 amide bonds. The van der Waals surface area contributed by atoms with Crippen molar-refractivity contribution in [2.45, 2.75) is 26.3 Å². The molecule has 0 aliphatic rings. The minimum absolute atomic E-state index is 0.130. The van der Waals surface area contributed by atoms with E-state index in [9.17, 15) is 4.79 Å². The number of carbonyl (C=O) groups is 1. The van der Waals surface area contributed by atoms with Crippen LogP contribution in [-0.2, 0) is 4.79 Å². The molecule has 0 bridgehead atoms. The molecule has 0 saturated heterocycles. The summed E-state index contributed by atoms with van der Waals surface area (Å²) in [6.45, 7) is 4.65. The number of benzene rings is 1. The quantitative estimate of drug-likeness (QED) is 0.792. The number of halogens is 1. The van der Waals surface area contributed by atoms with Crippen LogP contribution < -0.4 is 4.90 Å². The Morgan fingerprint density at radius 1 is 1.29 bits per heavy atom. The Balaban J connectivity index is 2.26. The summed E-state index contributed by atoms with van der Waals surface area (Å²) in [6.07, 6.45) is 0.130. The number of hydrogen-bond acceptors (Lipinski definition) is 3. The molecular formula is C16H18BrNO2S. The van der Waals surface area contributed by atoms with Crippen LogP contribution in [-0.4, -0.2) is 17.6 Å². The molecule has 3 nitrogen and oxygen atoms in total. The zero-order valence-corrected chi connectivity index (χ0v) is 14.4. The molecule has 1 aromatic heterocycles. The predicted octanol–water partition coefficient (Wildman–Crippen LogP) is 4.86. The van der Waals surface area contributed by atoms with E-state index in [0.717, 1.165) is 9.47 Å². The van der Waals surface area contributed by atoms with Crippen LogP contribution in [0.1, 0.15) is 29.8 Å². The summed E-state index contributed by atoms with van der Waals surface area (Å²) in [7, 11) is 0. The van der Waals surface area contributed by atoms with Gasteiger partial charge in [0.1, 0.15) is 0 Å². The van der Waals surface area contributed by atoms with Gasteiger partial charge in [-0.25, -0.2) is 0 Å². The molecule has 112 valence electrons. The van der Waals surface area contributed by atoms with E-state index >= 15 is 0 Å². The van der Waals surface area contributed by atoms with Crippen molar-refractivity contribution < 1.29 is 9.90 Å². The van der Waals surface area contributed by atoms with Gasteiger partial charge < -0.3 is 10.0 Å². The third-order valence-corrected chi connectivity index (χ3v) is 5.20. The van der Waals surface area contributed by atoms with E-state index in [4.69, 9.17) is 5.11 Å². The number of carboxylic acid groups (broad SMARTS) is 1. The molecule has 1 atom stereocenters. The summed E-state index contributed by atoms with van der Waals surface area (Å²) in [5.41, 5.74) is 2.25. The fourth-order valence-corrected chi connectivity index (χ4v) is 3.69. The summed E-state index contributed by atoms with van der Waals surface area (Å²) < 4.78 is 1.09. The highest BCUT2D eigenvalue weighted by Gasteiger charge is 2.18. The maximum Gasteiger partial charge on any atom is 0.305 e. The summed E-state index contributed by atoms with van der Waals surface area (Å²) in [5.74, 6) is -0.772. The van der Waals surface area contributed by atoms with Gasteiger partial charge in [-0.15, -0.1) is 11.3 Å². The summed E-state index contributed by atoms with van der Waals surface area (Å²) >= 11 is 5.17. The molecule has 2 aromatic rings. The van der Waals surface area contributed by atoms with Crippen LogP contribution >= 0.6 is 27.3 Å². The maximum atomic E-state index is 10.9. The fourth-order valence-electron chi connectivity index (χ4n) is 2.21. The highest BCUT2D eigenvalue weighted by molar-refractivity contribution is 9.11. The molecule has 2 rings (SSSR count). The Morgan fingerprint density at radius 2 is 1.95 bits per heavy atom. The number of rotatable bonds is 6. The monoisotopic (exact) mass is 367 g/mol. The lowest BCUT2D eigenvalue weighted by atomic mass is 10.1. The van der Waals surface area contributed by atoms with Crippen molar-refractivity contribution in [3.63, 3.8) is 0 Å². The lowest BCUT2D eigenvalue weighted by Crippen LogP contribution is -2.28. The van der Waals surface area contributed by atoms with Gasteiger partial charge in [-0.1, -0.05) is 17.7 Å². The normalized spacial score (nSPS) is 12.1. The molecule has 0 fully saturated rings. The first-order valence-corrected chi connectivity index (χ1v) is 8.38. The number of hydrogen-bond donors (Lipinski definition) is 1. The zero-order valence-electron chi connectivity index (χ0n) is 12.0. The van der Waals surface area contributed by atoms with E-state index in [1.54, 1.807) is 11.3 Å². The van der Waals surface area contributed by atoms with Crippen LogP contribution in [0.25, 0.3) is 0 Å². The van der Waals surface area contributed by atoms with Crippen LogP contribution in [0, 0.1) is 6.92 Å². The van der Waals surface area contributed by atoms with Crippen molar-refractivity contribution in [3.05, 3.63) is 50.6 Å². The second kappa shape index (κ2) is 7.09. The van der Waals surface area contributed by atoms with E-state index in [-0.39, 0.29) is 12.5 Å². The second-order valence-corrected chi connectivity index (χ2v) is 7.49. The van der Waals surface area contributed by atoms with Crippen molar-refractivity contribution in [1.29, 1.82) is 0 Å². The SMILES string of the molecule is Cc1ccc(N(CCC(=O)O)C(C)c2ccc(Br)s2)cc1. The van der Waals surface area contributed by atoms with E-state index < -0.39 is 5.97 Å². The molecule has 1 aromatic carbocycles. The topological polar surface area (TPSA) is 40.5 Å². The van der Waals surface area contributed by atoms with Crippen molar-refractivity contribution in [2.75, 3.05) is 11.4 Å². The van der Waals surface area contributed by atoms with Crippen molar-refractivity contribution in [3.8, 4) is 0 Å². The minimum atomic E-state index is -0.772. The first-order chi connectivity index (χ1) is 9.97. The molecule has 0 radical (unpaired) electrons. The van der Waals surface area contributed by atoms with Gasteiger partial charge in [0.25, 0.3) is 0 Å². The second-order valence-electron chi connectivity index (χ2n) is 4.99. The first kappa shape index (κ1) is 16.0. The average molecular weight is 368 g/mol. The number of thiophene rings is 1. The van der Waals surface area contributed by atoms with Crippen LogP contribution in [0.15, 0.2) is 40.2 Å². The van der Waals surface area contributed by atoms with E-state index in [2.05, 4.69) is 58.1 Å². The van der Waals surface area contributed by atoms with Crippen molar-refractivity contribution >= 4 is 38.9 Å². The van der Waals surface area contributed by atoms with E-state index in [1.165, 1.54) is 10.4 Å². The molecule has 0 saturated carbocycles. The smallest absolute Gasteiger partial charge is 0.305 e. The Labute approximate surface area is 137 Å². The molecule has 1 unspecified atom stereocenters. The van der Waals surface area contributed by atoms with Gasteiger partial charge in [0.2, 0.25) is 0 Å². The molecule has 5 heteroatoms. The summed E-state index contributed by atoms with van der Waals surface area (Å²) in [6, 6.07) is 12.5. The molecule has 0 aliphatic carbocycles. The highest BCUT2D eigenvalue weighted by atomic mass is 79.9. The van der Waals surface area contributed by atoms with Gasteiger partial charge in [0.05, 0.1) is 16.2 Å². The minimum Gasteiger partial charge on any atom is -0.481 e. The Bertz CT molecular complexity index is 609. The van der Waals surface area contributed by atoms with Crippen LogP contribution in [0.5, 0.6) is 0 Å². The molecule has 0 spiro atoms. The summed E-state index contributed by atoms with van der Waals surface area (Å²) in [5, 5.41) is 8.98. The van der Waals surface area contributed by atoms with Gasteiger partial charge in [0, 0.05) is 17.1 Å². The average Bonchev–Trinajstić information content (AvgIpc) is 2.87. The zero-order chi connectivity index (χ0) is 15.4. The number of carboxylic acids is 1. The van der Waals surface area contributed by atoms with Crippen LogP contribution in [0.2, 0.25) is 0 Å². The maximum absolute atomic E-state index is 10.9. The van der Waals surface area contributed by atoms with E-state index in [0.29, 0.717) is 6.54 Å². The molecule has 1 heterocycles. The van der Waals surface area contributed by atoms with Crippen LogP contribution in [0.4, 0.5) is 5.69 Å². The molecular weight excluding hydrogens is 350 g/mol. The Kier molecular flexibility index (Phi) is 5.42. The standard InChI is InChI=1S/C16H18BrNO2S/c1-11-3-5-13(6-4-11)18(10-9-16(19)20)12(2)14-7-8-15(17)21-14/h3-8,12H,9-10H2,1-2H3,(H,19,20). The number of nitrogens with zero attached hydrogens (tertiary/aromatic N) is 1. The van der Waals surface area contributed by atoms with E-state index in [1.807, 2.05) is 13.0 Å². The third kappa shape index (κ3) is 4.32. The molecule has 1 N–H and O–H groups in total. The third-order valence-electron chi connectivity index (χ3n) is 3.41. The summed E-state index contributed by atoms with van der Waals surface area (Å²) in [4.78, 5) is 14.3. The van der Waals surface area contributed by atoms with Gasteiger partial charge >= 0.3 is 5.97 Å². The van der Waals surface area contributed by atoms with Crippen LogP contribution in [0.3, 0.4) is 0 Å². The van der Waals surface area contributed by atoms with Gasteiger partial charge in [0.15, 0.2) is 0 Å². The largest absolute Gasteiger partial charge is 0.481 e. The number of anilines is 1. The van der Waals surface area contributed by atoms with Gasteiger partial charge in [-0.3, -0.25) is 4.79 Å².